The van der Waals surface area contributed by atoms with E-state index in [1.54, 1.807) is 26.2 Å². The van der Waals surface area contributed by atoms with Crippen LogP contribution in [0.2, 0.25) is 0 Å². The Hall–Kier alpha value is -1.59. The summed E-state index contributed by atoms with van der Waals surface area (Å²) in [6.45, 7) is 5.13. The van der Waals surface area contributed by atoms with Crippen molar-refractivity contribution in [2.24, 2.45) is 0 Å². The van der Waals surface area contributed by atoms with Crippen LogP contribution in [-0.4, -0.2) is 43.5 Å². The lowest BCUT2D eigenvalue weighted by molar-refractivity contribution is -0.150. The molecule has 0 heterocycles. The molecule has 0 bridgehead atoms. The smallest absolute Gasteiger partial charge is 0.326 e. The number of ether oxygens (including phenoxy) is 2. The first-order valence-electron chi connectivity index (χ1n) is 7.21. The molecular weight excluding hydrogens is 270 g/mol. The minimum Gasteiger partial charge on any atom is -0.508 e. The van der Waals surface area contributed by atoms with Crippen LogP contribution in [0.4, 0.5) is 0 Å². The van der Waals surface area contributed by atoms with E-state index in [1.165, 1.54) is 0 Å². The highest BCUT2D eigenvalue weighted by atomic mass is 16.5. The van der Waals surface area contributed by atoms with Gasteiger partial charge in [0.15, 0.2) is 0 Å². The second-order valence-corrected chi connectivity index (χ2v) is 5.14. The minimum absolute atomic E-state index is 0.241. The number of hydrogen-bond acceptors (Lipinski definition) is 5. The van der Waals surface area contributed by atoms with Crippen LogP contribution in [0.15, 0.2) is 24.3 Å². The lowest BCUT2D eigenvalue weighted by atomic mass is 9.93. The SMILES string of the molecule is CCOC(=O)C(C)(CCc1ccc(O)cc1)NCCOC. The molecule has 0 spiro atoms. The molecular formula is C16H25NO4. The van der Waals surface area contributed by atoms with E-state index in [1.807, 2.05) is 19.1 Å². The van der Waals surface area contributed by atoms with Crippen molar-refractivity contribution in [2.45, 2.75) is 32.2 Å². The third-order valence-corrected chi connectivity index (χ3v) is 3.40. The van der Waals surface area contributed by atoms with Gasteiger partial charge in [0.05, 0.1) is 13.2 Å². The Bertz CT molecular complexity index is 432. The van der Waals surface area contributed by atoms with Crippen molar-refractivity contribution in [1.29, 1.82) is 0 Å². The second-order valence-electron chi connectivity index (χ2n) is 5.14. The van der Waals surface area contributed by atoms with E-state index in [-0.39, 0.29) is 11.7 Å². The summed E-state index contributed by atoms with van der Waals surface area (Å²) in [5, 5.41) is 12.5. The summed E-state index contributed by atoms with van der Waals surface area (Å²) in [6, 6.07) is 7.01. The maximum Gasteiger partial charge on any atom is 0.326 e. The van der Waals surface area contributed by atoms with Crippen molar-refractivity contribution in [1.82, 2.24) is 5.32 Å². The fraction of sp³-hybridized carbons (Fsp3) is 0.562. The summed E-state index contributed by atoms with van der Waals surface area (Å²) in [6.07, 6.45) is 1.33. The molecule has 0 fully saturated rings. The number of phenols is 1. The van der Waals surface area contributed by atoms with E-state index in [9.17, 15) is 9.90 Å². The lowest BCUT2D eigenvalue weighted by Gasteiger charge is -2.28. The number of carbonyl (C=O) groups is 1. The predicted octanol–water partition coefficient (Wildman–Crippen LogP) is 1.88. The number of carbonyl (C=O) groups excluding carboxylic acids is 1. The van der Waals surface area contributed by atoms with E-state index in [0.29, 0.717) is 26.2 Å². The number of methoxy groups -OCH3 is 1. The normalized spacial score (nSPS) is 13.7. The quantitative estimate of drug-likeness (QED) is 0.538. The molecule has 1 rings (SSSR count). The van der Waals surface area contributed by atoms with Gasteiger partial charge in [-0.3, -0.25) is 10.1 Å². The molecule has 5 nitrogen and oxygen atoms in total. The van der Waals surface area contributed by atoms with Gasteiger partial charge < -0.3 is 14.6 Å². The Morgan fingerprint density at radius 2 is 2.00 bits per heavy atom. The van der Waals surface area contributed by atoms with Crippen molar-refractivity contribution in [3.8, 4) is 5.75 Å². The van der Waals surface area contributed by atoms with E-state index >= 15 is 0 Å². The second kappa shape index (κ2) is 8.64. The summed E-state index contributed by atoms with van der Waals surface area (Å²) in [4.78, 5) is 12.2. The summed E-state index contributed by atoms with van der Waals surface area (Å²) < 4.78 is 10.2. The molecule has 2 N–H and O–H groups in total. The number of aromatic hydroxyl groups is 1. The van der Waals surface area contributed by atoms with E-state index in [4.69, 9.17) is 9.47 Å². The van der Waals surface area contributed by atoms with Crippen LogP contribution < -0.4 is 5.32 Å². The zero-order valence-electron chi connectivity index (χ0n) is 13.0. The van der Waals surface area contributed by atoms with E-state index in [2.05, 4.69) is 5.32 Å². The molecule has 0 radical (unpaired) electrons. The first-order chi connectivity index (χ1) is 10.0. The molecule has 0 saturated heterocycles. The monoisotopic (exact) mass is 295 g/mol. The number of phenolic OH excluding ortho intramolecular Hbond substituents is 1. The zero-order chi connectivity index (χ0) is 15.7. The lowest BCUT2D eigenvalue weighted by Crippen LogP contribution is -2.51. The molecule has 5 heteroatoms. The Balaban J connectivity index is 2.66. The molecule has 0 aromatic heterocycles. The average Bonchev–Trinajstić information content (AvgIpc) is 2.47. The van der Waals surface area contributed by atoms with Crippen LogP contribution >= 0.6 is 0 Å². The summed E-state index contributed by atoms with van der Waals surface area (Å²) in [5.41, 5.74) is 0.323. The van der Waals surface area contributed by atoms with Gasteiger partial charge in [0.1, 0.15) is 11.3 Å². The Labute approximate surface area is 126 Å². The largest absolute Gasteiger partial charge is 0.508 e. The molecule has 0 saturated carbocycles. The average molecular weight is 295 g/mol. The number of hydrogen-bond donors (Lipinski definition) is 2. The molecule has 1 aromatic rings. The first kappa shape index (κ1) is 17.5. The van der Waals surface area contributed by atoms with Crippen molar-refractivity contribution in [3.63, 3.8) is 0 Å². The standard InChI is InChI=1S/C16H25NO4/c1-4-21-15(19)16(2,17-11-12-20-3)10-9-13-5-7-14(18)8-6-13/h5-8,17-18H,4,9-12H2,1-3H3. The Morgan fingerprint density at radius 3 is 2.57 bits per heavy atom. The fourth-order valence-electron chi connectivity index (χ4n) is 2.04. The van der Waals surface area contributed by atoms with Crippen LogP contribution in [0.3, 0.4) is 0 Å². The molecule has 0 amide bonds. The van der Waals surface area contributed by atoms with Gasteiger partial charge in [-0.25, -0.2) is 0 Å². The van der Waals surface area contributed by atoms with Crippen LogP contribution in [-0.2, 0) is 20.7 Å². The highest BCUT2D eigenvalue weighted by molar-refractivity contribution is 5.80. The van der Waals surface area contributed by atoms with Crippen LogP contribution in [0, 0.1) is 0 Å². The highest BCUT2D eigenvalue weighted by Gasteiger charge is 2.33. The molecule has 1 aromatic carbocycles. The van der Waals surface area contributed by atoms with Crippen molar-refractivity contribution in [3.05, 3.63) is 29.8 Å². The topological polar surface area (TPSA) is 67.8 Å². The first-order valence-corrected chi connectivity index (χ1v) is 7.21. The van der Waals surface area contributed by atoms with Gasteiger partial charge in [-0.15, -0.1) is 0 Å². The van der Waals surface area contributed by atoms with Gasteiger partial charge in [-0.2, -0.15) is 0 Å². The number of nitrogens with one attached hydrogen (secondary N) is 1. The van der Waals surface area contributed by atoms with Gasteiger partial charge in [-0.05, 0) is 44.4 Å². The van der Waals surface area contributed by atoms with Gasteiger partial charge in [0.25, 0.3) is 0 Å². The van der Waals surface area contributed by atoms with E-state index < -0.39 is 5.54 Å². The number of rotatable bonds is 9. The Kier molecular flexibility index (Phi) is 7.19. The maximum absolute atomic E-state index is 12.2. The van der Waals surface area contributed by atoms with Gasteiger partial charge in [0, 0.05) is 13.7 Å². The van der Waals surface area contributed by atoms with Crippen LogP contribution in [0.5, 0.6) is 5.75 Å². The van der Waals surface area contributed by atoms with Gasteiger partial charge >= 0.3 is 5.97 Å². The third kappa shape index (κ3) is 5.73. The molecule has 21 heavy (non-hydrogen) atoms. The number of benzene rings is 1. The summed E-state index contributed by atoms with van der Waals surface area (Å²) in [7, 11) is 1.62. The van der Waals surface area contributed by atoms with Gasteiger partial charge in [0.2, 0.25) is 0 Å². The third-order valence-electron chi connectivity index (χ3n) is 3.40. The van der Waals surface area contributed by atoms with Crippen molar-refractivity contribution < 1.29 is 19.4 Å². The maximum atomic E-state index is 12.2. The fourth-order valence-corrected chi connectivity index (χ4v) is 2.04. The summed E-state index contributed by atoms with van der Waals surface area (Å²) >= 11 is 0. The van der Waals surface area contributed by atoms with Crippen molar-refractivity contribution >= 4 is 5.97 Å². The Morgan fingerprint density at radius 1 is 1.33 bits per heavy atom. The molecule has 0 aliphatic heterocycles. The zero-order valence-corrected chi connectivity index (χ0v) is 13.0. The molecule has 1 unspecified atom stereocenters. The summed E-state index contributed by atoms with van der Waals surface area (Å²) in [5.74, 6) is -0.00925. The number of esters is 1. The van der Waals surface area contributed by atoms with Gasteiger partial charge in [-0.1, -0.05) is 12.1 Å². The van der Waals surface area contributed by atoms with Crippen molar-refractivity contribution in [2.75, 3.05) is 26.9 Å². The minimum atomic E-state index is -0.744. The number of aryl methyl sites for hydroxylation is 1. The molecule has 1 atom stereocenters. The van der Waals surface area contributed by atoms with Crippen LogP contribution in [0.1, 0.15) is 25.8 Å². The predicted molar refractivity (Wildman–Crippen MR) is 81.3 cm³/mol. The van der Waals surface area contributed by atoms with E-state index in [0.717, 1.165) is 12.0 Å². The van der Waals surface area contributed by atoms with Crippen LogP contribution in [0.25, 0.3) is 0 Å². The molecule has 0 aliphatic rings. The highest BCUT2D eigenvalue weighted by Crippen LogP contribution is 2.18. The molecule has 118 valence electrons. The molecule has 0 aliphatic carbocycles.